The van der Waals surface area contributed by atoms with Crippen LogP contribution in [0.3, 0.4) is 0 Å². The van der Waals surface area contributed by atoms with Gasteiger partial charge in [0.25, 0.3) is 0 Å². The summed E-state index contributed by atoms with van der Waals surface area (Å²) in [6, 6.07) is 86.9. The van der Waals surface area contributed by atoms with E-state index in [1.807, 2.05) is 0 Å². The highest BCUT2D eigenvalue weighted by molar-refractivity contribution is 6.36. The smallest absolute Gasteiger partial charge is 0.159 e. The Morgan fingerprint density at radius 2 is 0.773 bits per heavy atom. The van der Waals surface area contributed by atoms with E-state index in [0.717, 1.165) is 56.2 Å². The van der Waals surface area contributed by atoms with Crippen LogP contribution in [0.2, 0.25) is 0 Å². The quantitative estimate of drug-likeness (QED) is 0.164. The van der Waals surface area contributed by atoms with Crippen molar-refractivity contribution < 1.29 is 4.74 Å². The van der Waals surface area contributed by atoms with Crippen LogP contribution in [0, 0.1) is 0 Å². The fourth-order valence-corrected chi connectivity index (χ4v) is 11.1. The summed E-state index contributed by atoms with van der Waals surface area (Å²) in [5.74, 6) is 1.65. The van der Waals surface area contributed by atoms with Crippen molar-refractivity contribution in [3.05, 3.63) is 237 Å². The van der Waals surface area contributed by atoms with E-state index in [4.69, 9.17) is 4.74 Å². The minimum absolute atomic E-state index is 0.818. The molecule has 13 aromatic rings. The molecule has 0 aliphatic carbocycles. The van der Waals surface area contributed by atoms with Gasteiger partial charge < -0.3 is 9.64 Å². The van der Waals surface area contributed by atoms with Gasteiger partial charge >= 0.3 is 0 Å². The molecule has 0 aromatic heterocycles. The number of nitrogens with zero attached hydrogens (tertiary/aromatic N) is 1. The number of rotatable bonds is 3. The van der Waals surface area contributed by atoms with E-state index in [1.54, 1.807) is 0 Å². The molecule has 0 unspecified atom stereocenters. The van der Waals surface area contributed by atoms with Gasteiger partial charge in [-0.25, -0.2) is 0 Å². The topological polar surface area (TPSA) is 12.5 Å². The average Bonchev–Trinajstić information content (AvgIpc) is 3.53. The maximum Gasteiger partial charge on any atom is 0.159 e. The first kappa shape index (κ1) is 36.7. The Morgan fingerprint density at radius 3 is 1.48 bits per heavy atom. The number of ether oxygens (including phenoxy) is 1. The lowest BCUT2D eigenvalue weighted by Gasteiger charge is -2.28. The Balaban J connectivity index is 1.18. The molecule has 1 heterocycles. The second-order valence-electron chi connectivity index (χ2n) is 17.5. The van der Waals surface area contributed by atoms with Crippen LogP contribution in [0.1, 0.15) is 0 Å². The molecule has 13 aromatic carbocycles. The van der Waals surface area contributed by atoms with Gasteiger partial charge in [0.05, 0.1) is 5.69 Å². The van der Waals surface area contributed by atoms with Gasteiger partial charge in [-0.1, -0.05) is 194 Å². The summed E-state index contributed by atoms with van der Waals surface area (Å²) in [5.41, 5.74) is 7.46. The highest BCUT2D eigenvalue weighted by Gasteiger charge is 2.27. The van der Waals surface area contributed by atoms with Crippen molar-refractivity contribution in [2.75, 3.05) is 4.90 Å². The Bertz CT molecular complexity index is 4190. The Kier molecular flexibility index (Phi) is 8.02. The number of hydrogen-bond donors (Lipinski definition) is 0. The zero-order chi connectivity index (χ0) is 43.3. The standard InChI is InChI=1S/C64H39NO/c1-2-18-43(19-3-1)65(59-30-15-29-55-51-26-9-8-24-49(51)53-27-12-13-31-60(53)66-64(55)59)44-35-37-52-48-23-7-5-21-46(48)45-20-4-6-22-47(45)50-25-10-11-28-54(50)63-56-36-34-41-17-14-16-40-32-33-42(62(56)61(40)41)38-58(63)57(52)39-44/h1-39H. The molecule has 306 valence electrons. The van der Waals surface area contributed by atoms with E-state index in [1.165, 1.54) is 80.8 Å². The van der Waals surface area contributed by atoms with Crippen LogP contribution in [0.15, 0.2) is 237 Å². The number of fused-ring (bicyclic) bond motifs is 16. The minimum Gasteiger partial charge on any atom is -0.454 e. The molecule has 0 atom stereocenters. The second-order valence-corrected chi connectivity index (χ2v) is 17.5. The van der Waals surface area contributed by atoms with Crippen molar-refractivity contribution in [2.45, 2.75) is 0 Å². The van der Waals surface area contributed by atoms with E-state index >= 15 is 0 Å². The Hall–Kier alpha value is -8.72. The molecule has 1 aliphatic heterocycles. The molecule has 0 saturated carbocycles. The third-order valence-corrected chi connectivity index (χ3v) is 14.0. The zero-order valence-corrected chi connectivity index (χ0v) is 35.9. The van der Waals surface area contributed by atoms with Crippen molar-refractivity contribution in [1.29, 1.82) is 0 Å². The lowest BCUT2D eigenvalue weighted by Crippen LogP contribution is -2.11. The van der Waals surface area contributed by atoms with Gasteiger partial charge in [-0.3, -0.25) is 0 Å². The van der Waals surface area contributed by atoms with Gasteiger partial charge in [0.1, 0.15) is 5.75 Å². The van der Waals surface area contributed by atoms with Crippen LogP contribution >= 0.6 is 0 Å². The lowest BCUT2D eigenvalue weighted by molar-refractivity contribution is 0.489. The molecule has 0 fully saturated rings. The predicted molar refractivity (Wildman–Crippen MR) is 281 cm³/mol. The molecule has 2 nitrogen and oxygen atoms in total. The highest BCUT2D eigenvalue weighted by atomic mass is 16.5. The van der Waals surface area contributed by atoms with Crippen LogP contribution in [-0.4, -0.2) is 0 Å². The van der Waals surface area contributed by atoms with Crippen molar-refractivity contribution in [1.82, 2.24) is 0 Å². The number of benzene rings is 12. The molecule has 0 N–H and O–H groups in total. The fraction of sp³-hybridized carbons (Fsp3) is 0. The van der Waals surface area contributed by atoms with E-state index in [0.29, 0.717) is 0 Å². The maximum atomic E-state index is 7.16. The summed E-state index contributed by atoms with van der Waals surface area (Å²) in [7, 11) is 0. The Morgan fingerprint density at radius 1 is 0.258 bits per heavy atom. The van der Waals surface area contributed by atoms with Gasteiger partial charge in [0.15, 0.2) is 5.75 Å². The van der Waals surface area contributed by atoms with Gasteiger partial charge in [0, 0.05) is 22.5 Å². The number of anilines is 3. The molecular weight excluding hydrogens is 799 g/mol. The lowest BCUT2D eigenvalue weighted by atomic mass is 9.88. The first-order chi connectivity index (χ1) is 32.8. The SMILES string of the molecule is c1ccc(N(c2ccc3c4ccccc4c4ccccc4c4ccccc4c4c(cc5ccc6cccc7ccc4c5c67)c3c2)c2cccc3c2Oc2ccccc2-c2ccccc2-3)cc1. The van der Waals surface area contributed by atoms with Gasteiger partial charge in [-0.15, -0.1) is 0 Å². The van der Waals surface area contributed by atoms with E-state index in [9.17, 15) is 0 Å². The highest BCUT2D eigenvalue weighted by Crippen LogP contribution is 2.53. The van der Waals surface area contributed by atoms with Crippen LogP contribution in [0.25, 0.3) is 108 Å². The Labute approximate surface area is 381 Å². The monoisotopic (exact) mass is 837 g/mol. The third-order valence-electron chi connectivity index (χ3n) is 14.0. The summed E-state index contributed by atoms with van der Waals surface area (Å²) in [6.45, 7) is 0. The summed E-state index contributed by atoms with van der Waals surface area (Å²) in [5, 5.41) is 19.6. The van der Waals surface area contributed by atoms with Crippen molar-refractivity contribution in [2.24, 2.45) is 0 Å². The summed E-state index contributed by atoms with van der Waals surface area (Å²) in [6.07, 6.45) is 0. The summed E-state index contributed by atoms with van der Waals surface area (Å²) < 4.78 is 7.16. The molecule has 2 heteroatoms. The number of para-hydroxylation sites is 3. The average molecular weight is 838 g/mol. The number of hydrogen-bond acceptors (Lipinski definition) is 2. The summed E-state index contributed by atoms with van der Waals surface area (Å²) >= 11 is 0. The molecule has 14 rings (SSSR count). The first-order valence-corrected chi connectivity index (χ1v) is 22.8. The van der Waals surface area contributed by atoms with Crippen molar-refractivity contribution in [3.63, 3.8) is 0 Å². The molecule has 0 radical (unpaired) electrons. The molecule has 0 bridgehead atoms. The van der Waals surface area contributed by atoms with E-state index in [2.05, 4.69) is 241 Å². The molecule has 0 saturated heterocycles. The van der Waals surface area contributed by atoms with Crippen LogP contribution < -0.4 is 9.64 Å². The van der Waals surface area contributed by atoms with Gasteiger partial charge in [0.2, 0.25) is 0 Å². The molecule has 0 spiro atoms. The first-order valence-electron chi connectivity index (χ1n) is 22.8. The molecular formula is C64H39NO. The minimum atomic E-state index is 0.818. The van der Waals surface area contributed by atoms with E-state index in [-0.39, 0.29) is 0 Å². The van der Waals surface area contributed by atoms with Gasteiger partial charge in [-0.2, -0.15) is 0 Å². The largest absolute Gasteiger partial charge is 0.454 e. The zero-order valence-electron chi connectivity index (χ0n) is 35.9. The van der Waals surface area contributed by atoms with Crippen molar-refractivity contribution in [3.8, 4) is 33.8 Å². The van der Waals surface area contributed by atoms with Crippen LogP contribution in [-0.2, 0) is 0 Å². The fourth-order valence-electron chi connectivity index (χ4n) is 11.1. The van der Waals surface area contributed by atoms with Crippen molar-refractivity contribution >= 4 is 103 Å². The van der Waals surface area contributed by atoms with E-state index < -0.39 is 0 Å². The second kappa shape index (κ2) is 14.4. The van der Waals surface area contributed by atoms with Crippen LogP contribution in [0.4, 0.5) is 17.1 Å². The predicted octanol–water partition coefficient (Wildman–Crippen LogP) is 18.4. The summed E-state index contributed by atoms with van der Waals surface area (Å²) in [4.78, 5) is 2.38. The maximum absolute atomic E-state index is 7.16. The van der Waals surface area contributed by atoms with Crippen LogP contribution in [0.5, 0.6) is 11.5 Å². The molecule has 66 heavy (non-hydrogen) atoms. The molecule has 1 aliphatic rings. The van der Waals surface area contributed by atoms with Gasteiger partial charge in [-0.05, 0) is 140 Å². The third kappa shape index (κ3) is 5.42. The normalized spacial score (nSPS) is 12.1. The molecule has 0 amide bonds.